The maximum absolute atomic E-state index is 4.42. The fraction of sp³-hybridized carbons (Fsp3) is 0.143. The zero-order valence-corrected chi connectivity index (χ0v) is 8.69. The van der Waals surface area contributed by atoms with Gasteiger partial charge in [-0.2, -0.15) is 0 Å². The van der Waals surface area contributed by atoms with E-state index < -0.39 is 0 Å². The van der Waals surface area contributed by atoms with E-state index in [0.29, 0.717) is 0 Å². The molecule has 75 valence electrons. The van der Waals surface area contributed by atoms with Gasteiger partial charge in [0, 0.05) is 11.6 Å². The third-order valence-electron chi connectivity index (χ3n) is 2.41. The Hall–Kier alpha value is -1.63. The third kappa shape index (κ3) is 2.44. The summed E-state index contributed by atoms with van der Waals surface area (Å²) in [4.78, 5) is 4.42. The molecule has 1 aromatic heterocycles. The highest BCUT2D eigenvalue weighted by atomic mass is 14.6. The summed E-state index contributed by atoms with van der Waals surface area (Å²) in [6, 6.07) is 10.4. The van der Waals surface area contributed by atoms with Gasteiger partial charge in [-0.1, -0.05) is 30.4 Å². The molecule has 0 aliphatic rings. The van der Waals surface area contributed by atoms with Crippen molar-refractivity contribution >= 4 is 10.9 Å². The van der Waals surface area contributed by atoms with Crippen molar-refractivity contribution in [2.75, 3.05) is 0 Å². The van der Waals surface area contributed by atoms with E-state index in [1.54, 1.807) is 0 Å². The van der Waals surface area contributed by atoms with Crippen LogP contribution in [0.25, 0.3) is 10.9 Å². The van der Waals surface area contributed by atoms with Gasteiger partial charge < -0.3 is 0 Å². The Balaban J connectivity index is 2.23. The molecule has 15 heavy (non-hydrogen) atoms. The molecule has 1 aromatic carbocycles. The second kappa shape index (κ2) is 4.74. The van der Waals surface area contributed by atoms with E-state index in [-0.39, 0.29) is 0 Å². The molecule has 0 saturated heterocycles. The van der Waals surface area contributed by atoms with Gasteiger partial charge in [0.1, 0.15) is 0 Å². The van der Waals surface area contributed by atoms with Crippen LogP contribution in [0.2, 0.25) is 0 Å². The molecule has 0 unspecified atom stereocenters. The smallest absolute Gasteiger partial charge is 0.0702 e. The Morgan fingerprint density at radius 3 is 3.00 bits per heavy atom. The van der Waals surface area contributed by atoms with Crippen LogP contribution in [0.1, 0.15) is 12.0 Å². The van der Waals surface area contributed by atoms with E-state index in [0.717, 1.165) is 18.4 Å². The first kappa shape index (κ1) is 9.91. The first-order chi connectivity index (χ1) is 7.40. The number of hydrogen-bond donors (Lipinski definition) is 0. The van der Waals surface area contributed by atoms with Crippen LogP contribution in [0.4, 0.5) is 0 Å². The minimum absolute atomic E-state index is 1.03. The predicted molar refractivity (Wildman–Crippen MR) is 64.6 cm³/mol. The molecule has 1 heteroatoms. The summed E-state index contributed by atoms with van der Waals surface area (Å²) in [5.74, 6) is 0. The maximum atomic E-state index is 4.42. The molecule has 0 fully saturated rings. The van der Waals surface area contributed by atoms with Gasteiger partial charge in [0.15, 0.2) is 0 Å². The summed E-state index contributed by atoms with van der Waals surface area (Å²) < 4.78 is 0. The topological polar surface area (TPSA) is 12.9 Å². The standard InChI is InChI=1S/C14H14N/c1-2-3-4-7-12-10-13-8-5-6-9-14(13)15-11-12/h2-3,5-6,8-11H,1,4,7H2/b3-2+. The van der Waals surface area contributed by atoms with Crippen LogP contribution in [0.5, 0.6) is 0 Å². The van der Waals surface area contributed by atoms with Gasteiger partial charge in [-0.05, 0) is 37.5 Å². The fourth-order valence-electron chi connectivity index (χ4n) is 1.62. The van der Waals surface area contributed by atoms with Gasteiger partial charge in [0.05, 0.1) is 5.52 Å². The molecule has 1 nitrogen and oxygen atoms in total. The van der Waals surface area contributed by atoms with E-state index in [4.69, 9.17) is 0 Å². The van der Waals surface area contributed by atoms with Crippen molar-refractivity contribution in [3.05, 3.63) is 61.2 Å². The summed E-state index contributed by atoms with van der Waals surface area (Å²) >= 11 is 0. The van der Waals surface area contributed by atoms with Crippen LogP contribution < -0.4 is 0 Å². The predicted octanol–water partition coefficient (Wildman–Crippen LogP) is 3.56. The molecule has 0 bridgehead atoms. The van der Waals surface area contributed by atoms with Crippen LogP contribution >= 0.6 is 0 Å². The number of hydrogen-bond acceptors (Lipinski definition) is 1. The molecule has 0 amide bonds. The monoisotopic (exact) mass is 196 g/mol. The lowest BCUT2D eigenvalue weighted by atomic mass is 10.1. The molecular weight excluding hydrogens is 182 g/mol. The number of nitrogens with zero attached hydrogens (tertiary/aromatic N) is 1. The van der Waals surface area contributed by atoms with Crippen LogP contribution in [0.3, 0.4) is 0 Å². The summed E-state index contributed by atoms with van der Waals surface area (Å²) in [7, 11) is 0. The second-order valence-corrected chi connectivity index (χ2v) is 3.55. The van der Waals surface area contributed by atoms with Crippen molar-refractivity contribution < 1.29 is 0 Å². The molecular formula is C14H14N. The number of fused-ring (bicyclic) bond motifs is 1. The minimum atomic E-state index is 1.03. The highest BCUT2D eigenvalue weighted by molar-refractivity contribution is 5.78. The van der Waals surface area contributed by atoms with Crippen LogP contribution in [-0.2, 0) is 6.42 Å². The van der Waals surface area contributed by atoms with Gasteiger partial charge in [-0.3, -0.25) is 4.98 Å². The van der Waals surface area contributed by atoms with Crippen molar-refractivity contribution in [3.63, 3.8) is 0 Å². The van der Waals surface area contributed by atoms with E-state index in [1.807, 2.05) is 30.5 Å². The van der Waals surface area contributed by atoms with E-state index >= 15 is 0 Å². The Morgan fingerprint density at radius 2 is 2.13 bits per heavy atom. The molecule has 2 aromatic rings. The highest BCUT2D eigenvalue weighted by Gasteiger charge is 1.95. The van der Waals surface area contributed by atoms with E-state index in [1.165, 1.54) is 10.9 Å². The molecule has 0 saturated carbocycles. The van der Waals surface area contributed by atoms with Crippen molar-refractivity contribution in [1.29, 1.82) is 0 Å². The molecule has 0 N–H and O–H groups in total. The lowest BCUT2D eigenvalue weighted by molar-refractivity contribution is 0.994. The largest absolute Gasteiger partial charge is 0.256 e. The molecule has 0 aliphatic carbocycles. The summed E-state index contributed by atoms with van der Waals surface area (Å²) in [5, 5.41) is 1.22. The average Bonchev–Trinajstić information content (AvgIpc) is 2.29. The summed E-state index contributed by atoms with van der Waals surface area (Å²) in [5.41, 5.74) is 2.35. The van der Waals surface area contributed by atoms with Gasteiger partial charge in [-0.15, -0.1) is 0 Å². The van der Waals surface area contributed by atoms with Gasteiger partial charge >= 0.3 is 0 Å². The van der Waals surface area contributed by atoms with Gasteiger partial charge in [-0.25, -0.2) is 0 Å². The fourth-order valence-corrected chi connectivity index (χ4v) is 1.62. The van der Waals surface area contributed by atoms with Crippen LogP contribution in [0, 0.1) is 6.92 Å². The lowest BCUT2D eigenvalue weighted by Crippen LogP contribution is -1.86. The van der Waals surface area contributed by atoms with Crippen molar-refractivity contribution in [2.45, 2.75) is 12.8 Å². The Labute approximate surface area is 90.5 Å². The minimum Gasteiger partial charge on any atom is -0.256 e. The molecule has 1 radical (unpaired) electrons. The first-order valence-electron chi connectivity index (χ1n) is 5.18. The first-order valence-corrected chi connectivity index (χ1v) is 5.18. The molecule has 1 heterocycles. The zero-order valence-electron chi connectivity index (χ0n) is 8.69. The third-order valence-corrected chi connectivity index (χ3v) is 2.41. The SMILES string of the molecule is [CH2]/C=C/CCc1cnc2ccccc2c1. The van der Waals surface area contributed by atoms with Crippen molar-refractivity contribution in [2.24, 2.45) is 0 Å². The Bertz CT molecular complexity index is 471. The Morgan fingerprint density at radius 1 is 1.27 bits per heavy atom. The number of benzene rings is 1. The van der Waals surface area contributed by atoms with Gasteiger partial charge in [0.2, 0.25) is 0 Å². The molecule has 0 aliphatic heterocycles. The van der Waals surface area contributed by atoms with Crippen molar-refractivity contribution in [3.8, 4) is 0 Å². The maximum Gasteiger partial charge on any atom is 0.0702 e. The quantitative estimate of drug-likeness (QED) is 0.731. The van der Waals surface area contributed by atoms with Gasteiger partial charge in [0.25, 0.3) is 0 Å². The normalized spacial score (nSPS) is 11.3. The van der Waals surface area contributed by atoms with Crippen LogP contribution in [0.15, 0.2) is 48.7 Å². The summed E-state index contributed by atoms with van der Waals surface area (Å²) in [6.45, 7) is 3.67. The average molecular weight is 196 g/mol. The van der Waals surface area contributed by atoms with Crippen LogP contribution in [-0.4, -0.2) is 4.98 Å². The molecule has 0 spiro atoms. The number of aryl methyl sites for hydroxylation is 1. The number of rotatable bonds is 3. The molecule has 0 atom stereocenters. The second-order valence-electron chi connectivity index (χ2n) is 3.55. The molecule has 2 rings (SSSR count). The highest BCUT2D eigenvalue weighted by Crippen LogP contribution is 2.13. The number of para-hydroxylation sites is 1. The number of aromatic nitrogens is 1. The zero-order chi connectivity index (χ0) is 10.5. The van der Waals surface area contributed by atoms with E-state index in [2.05, 4.69) is 30.1 Å². The van der Waals surface area contributed by atoms with E-state index in [9.17, 15) is 0 Å². The number of pyridine rings is 1. The van der Waals surface area contributed by atoms with Crippen molar-refractivity contribution in [1.82, 2.24) is 4.98 Å². The summed E-state index contributed by atoms with van der Waals surface area (Å²) in [6.07, 6.45) is 7.94. The Kier molecular flexibility index (Phi) is 3.13. The number of allylic oxidation sites excluding steroid dienone is 2. The lowest BCUT2D eigenvalue weighted by Gasteiger charge is -2.00.